The molecule has 0 spiro atoms. The first-order valence-corrected chi connectivity index (χ1v) is 8.61. The molecule has 3 rings (SSSR count). The van der Waals surface area contributed by atoms with E-state index in [1.54, 1.807) is 18.2 Å². The van der Waals surface area contributed by atoms with E-state index in [4.69, 9.17) is 11.6 Å². The number of sulfonamides is 1. The fourth-order valence-electron chi connectivity index (χ4n) is 2.63. The molecule has 0 bridgehead atoms. The SMILES string of the molecule is Cc1cn2c(n1)CC[C@H](NS(=O)(=O)c1ccccc1Cl)C2. The van der Waals surface area contributed by atoms with Crippen LogP contribution in [0.15, 0.2) is 35.4 Å². The number of aryl methyl sites for hydroxylation is 2. The van der Waals surface area contributed by atoms with Crippen LogP contribution in [0.4, 0.5) is 0 Å². The van der Waals surface area contributed by atoms with Crippen molar-refractivity contribution in [3.63, 3.8) is 0 Å². The lowest BCUT2D eigenvalue weighted by molar-refractivity contribution is 0.421. The lowest BCUT2D eigenvalue weighted by Crippen LogP contribution is -2.40. The third kappa shape index (κ3) is 2.97. The Balaban J connectivity index is 1.80. The summed E-state index contributed by atoms with van der Waals surface area (Å²) < 4.78 is 29.6. The Morgan fingerprint density at radius 2 is 2.14 bits per heavy atom. The second-order valence-electron chi connectivity index (χ2n) is 5.24. The maximum absolute atomic E-state index is 12.4. The Morgan fingerprint density at radius 1 is 1.38 bits per heavy atom. The van der Waals surface area contributed by atoms with Gasteiger partial charge in [-0.3, -0.25) is 0 Å². The highest BCUT2D eigenvalue weighted by Crippen LogP contribution is 2.22. The smallest absolute Gasteiger partial charge is 0.242 e. The van der Waals surface area contributed by atoms with Gasteiger partial charge in [0, 0.05) is 25.2 Å². The molecule has 0 saturated heterocycles. The van der Waals surface area contributed by atoms with E-state index in [9.17, 15) is 8.42 Å². The molecule has 1 aromatic heterocycles. The first kappa shape index (κ1) is 14.6. The summed E-state index contributed by atoms with van der Waals surface area (Å²) in [6.07, 6.45) is 3.45. The van der Waals surface area contributed by atoms with Gasteiger partial charge in [0.2, 0.25) is 10.0 Å². The second-order valence-corrected chi connectivity index (χ2v) is 7.33. The molecule has 112 valence electrons. The van der Waals surface area contributed by atoms with Crippen molar-refractivity contribution in [2.45, 2.75) is 37.2 Å². The van der Waals surface area contributed by atoms with Gasteiger partial charge < -0.3 is 4.57 Å². The summed E-state index contributed by atoms with van der Waals surface area (Å²) in [7, 11) is -3.60. The van der Waals surface area contributed by atoms with Gasteiger partial charge in [0.15, 0.2) is 0 Å². The number of fused-ring (bicyclic) bond motifs is 1. The third-order valence-corrected chi connectivity index (χ3v) is 5.58. The zero-order chi connectivity index (χ0) is 15.0. The predicted molar refractivity (Wildman–Crippen MR) is 80.8 cm³/mol. The van der Waals surface area contributed by atoms with Crippen molar-refractivity contribution in [2.75, 3.05) is 0 Å². The molecule has 21 heavy (non-hydrogen) atoms. The summed E-state index contributed by atoms with van der Waals surface area (Å²) in [6, 6.07) is 6.32. The van der Waals surface area contributed by atoms with E-state index in [1.165, 1.54) is 6.07 Å². The van der Waals surface area contributed by atoms with Crippen molar-refractivity contribution in [1.29, 1.82) is 0 Å². The number of hydrogen-bond acceptors (Lipinski definition) is 3. The fourth-order valence-corrected chi connectivity index (χ4v) is 4.41. The van der Waals surface area contributed by atoms with Crippen molar-refractivity contribution in [2.24, 2.45) is 0 Å². The highest BCUT2D eigenvalue weighted by molar-refractivity contribution is 7.89. The molecule has 2 heterocycles. The van der Waals surface area contributed by atoms with Crippen molar-refractivity contribution in [3.8, 4) is 0 Å². The monoisotopic (exact) mass is 325 g/mol. The number of hydrogen-bond donors (Lipinski definition) is 1. The van der Waals surface area contributed by atoms with Gasteiger partial charge in [-0.05, 0) is 25.5 Å². The highest BCUT2D eigenvalue weighted by Gasteiger charge is 2.26. The summed E-state index contributed by atoms with van der Waals surface area (Å²) in [5, 5.41) is 0.236. The van der Waals surface area contributed by atoms with E-state index >= 15 is 0 Å². The van der Waals surface area contributed by atoms with E-state index in [2.05, 4.69) is 9.71 Å². The number of nitrogens with one attached hydrogen (secondary N) is 1. The molecular formula is C14H16ClN3O2S. The summed E-state index contributed by atoms with van der Waals surface area (Å²) in [5.41, 5.74) is 0.958. The van der Waals surface area contributed by atoms with Crippen LogP contribution in [0.25, 0.3) is 0 Å². The van der Waals surface area contributed by atoms with E-state index in [1.807, 2.05) is 17.7 Å². The molecule has 0 fully saturated rings. The van der Waals surface area contributed by atoms with E-state index in [0.29, 0.717) is 6.54 Å². The van der Waals surface area contributed by atoms with E-state index in [-0.39, 0.29) is 16.0 Å². The Labute approximate surface area is 129 Å². The molecule has 1 atom stereocenters. The van der Waals surface area contributed by atoms with Crippen molar-refractivity contribution >= 4 is 21.6 Å². The molecule has 5 nitrogen and oxygen atoms in total. The highest BCUT2D eigenvalue weighted by atomic mass is 35.5. The minimum atomic E-state index is -3.60. The fraction of sp³-hybridized carbons (Fsp3) is 0.357. The van der Waals surface area contributed by atoms with Crippen molar-refractivity contribution < 1.29 is 8.42 Å². The lowest BCUT2D eigenvalue weighted by atomic mass is 10.1. The third-order valence-electron chi connectivity index (χ3n) is 3.56. The van der Waals surface area contributed by atoms with Gasteiger partial charge in [0.05, 0.1) is 10.7 Å². The topological polar surface area (TPSA) is 64.0 Å². The van der Waals surface area contributed by atoms with Crippen LogP contribution in [0, 0.1) is 6.92 Å². The van der Waals surface area contributed by atoms with Crippen LogP contribution in [-0.2, 0) is 23.0 Å². The normalized spacial score (nSPS) is 18.5. The number of benzene rings is 1. The molecule has 1 aliphatic rings. The van der Waals surface area contributed by atoms with Crippen LogP contribution < -0.4 is 4.72 Å². The van der Waals surface area contributed by atoms with Crippen LogP contribution in [-0.4, -0.2) is 24.0 Å². The van der Waals surface area contributed by atoms with Crippen LogP contribution in [0.5, 0.6) is 0 Å². The van der Waals surface area contributed by atoms with Gasteiger partial charge in [-0.25, -0.2) is 18.1 Å². The van der Waals surface area contributed by atoms with Crippen molar-refractivity contribution in [3.05, 3.63) is 47.0 Å². The van der Waals surface area contributed by atoms with Gasteiger partial charge in [-0.15, -0.1) is 0 Å². The molecule has 2 aromatic rings. The first-order valence-electron chi connectivity index (χ1n) is 6.75. The van der Waals surface area contributed by atoms with Gasteiger partial charge >= 0.3 is 0 Å². The molecular weight excluding hydrogens is 310 g/mol. The number of rotatable bonds is 3. The quantitative estimate of drug-likeness (QED) is 0.940. The average Bonchev–Trinajstić information content (AvgIpc) is 2.78. The molecule has 1 N–H and O–H groups in total. The van der Waals surface area contributed by atoms with E-state index < -0.39 is 10.0 Å². The summed E-state index contributed by atoms with van der Waals surface area (Å²) in [6.45, 7) is 2.54. The summed E-state index contributed by atoms with van der Waals surface area (Å²) in [5.74, 6) is 1.01. The molecule has 0 aliphatic carbocycles. The van der Waals surface area contributed by atoms with Crippen LogP contribution in [0.2, 0.25) is 5.02 Å². The summed E-state index contributed by atoms with van der Waals surface area (Å²) >= 11 is 5.98. The molecule has 0 saturated carbocycles. The summed E-state index contributed by atoms with van der Waals surface area (Å²) in [4.78, 5) is 4.54. The second kappa shape index (κ2) is 5.44. The Morgan fingerprint density at radius 3 is 2.90 bits per heavy atom. The van der Waals surface area contributed by atoms with Gasteiger partial charge in [0.25, 0.3) is 0 Å². The Hall–Kier alpha value is -1.37. The molecule has 0 radical (unpaired) electrons. The van der Waals surface area contributed by atoms with Crippen LogP contribution in [0.1, 0.15) is 17.9 Å². The number of halogens is 1. The van der Waals surface area contributed by atoms with Crippen LogP contribution in [0.3, 0.4) is 0 Å². The predicted octanol–water partition coefficient (Wildman–Crippen LogP) is 2.14. The minimum absolute atomic E-state index is 0.124. The van der Waals surface area contributed by atoms with E-state index in [0.717, 1.165) is 24.4 Å². The Bertz CT molecular complexity index is 770. The molecule has 1 aromatic carbocycles. The lowest BCUT2D eigenvalue weighted by Gasteiger charge is -2.24. The molecule has 0 amide bonds. The maximum atomic E-state index is 12.4. The number of imidazole rings is 1. The average molecular weight is 326 g/mol. The van der Waals surface area contributed by atoms with Gasteiger partial charge in [0.1, 0.15) is 10.7 Å². The standard InChI is InChI=1S/C14H16ClN3O2S/c1-10-8-18-9-11(6-7-14(18)16-10)17-21(19,20)13-5-3-2-4-12(13)15/h2-5,8,11,17H,6-7,9H2,1H3/t11-/m0/s1. The minimum Gasteiger partial charge on any atom is -0.333 e. The van der Waals surface area contributed by atoms with Gasteiger partial charge in [-0.2, -0.15) is 0 Å². The zero-order valence-corrected chi connectivity index (χ0v) is 13.2. The first-order chi connectivity index (χ1) is 9.95. The molecule has 1 aliphatic heterocycles. The molecule has 7 heteroatoms. The van der Waals surface area contributed by atoms with Crippen molar-refractivity contribution in [1.82, 2.24) is 14.3 Å². The zero-order valence-electron chi connectivity index (χ0n) is 11.6. The number of nitrogens with zero attached hydrogens (tertiary/aromatic N) is 2. The largest absolute Gasteiger partial charge is 0.333 e. The molecule has 0 unspecified atom stereocenters. The van der Waals surface area contributed by atoms with Crippen LogP contribution >= 0.6 is 11.6 Å². The number of aromatic nitrogens is 2. The maximum Gasteiger partial charge on any atom is 0.242 e. The Kier molecular flexibility index (Phi) is 3.77. The van der Waals surface area contributed by atoms with Gasteiger partial charge in [-0.1, -0.05) is 23.7 Å².